The van der Waals surface area contributed by atoms with E-state index in [9.17, 15) is 5.11 Å². The fraction of sp³-hybridized carbons (Fsp3) is 0.467. The van der Waals surface area contributed by atoms with Crippen molar-refractivity contribution in [1.29, 1.82) is 0 Å². The number of ether oxygens (including phenoxy) is 1. The second-order valence-corrected chi connectivity index (χ2v) is 4.56. The van der Waals surface area contributed by atoms with Crippen LogP contribution in [-0.2, 0) is 0 Å². The lowest BCUT2D eigenvalue weighted by Gasteiger charge is -2.21. The molecule has 1 aromatic carbocycles. The van der Waals surface area contributed by atoms with Crippen molar-refractivity contribution in [3.8, 4) is 5.75 Å². The first-order valence-corrected chi connectivity index (χ1v) is 6.31. The second-order valence-electron chi connectivity index (χ2n) is 4.56. The van der Waals surface area contributed by atoms with Crippen LogP contribution in [0.4, 0.5) is 0 Å². The average molecular weight is 249 g/mol. The molecule has 0 aromatic heterocycles. The minimum Gasteiger partial charge on any atom is -0.489 e. The maximum atomic E-state index is 10.2. The van der Waals surface area contributed by atoms with Gasteiger partial charge < -0.3 is 15.2 Å². The van der Waals surface area contributed by atoms with Crippen molar-refractivity contribution in [3.63, 3.8) is 0 Å². The van der Waals surface area contributed by atoms with Crippen LogP contribution in [0.25, 0.3) is 0 Å². The molecule has 1 aromatic rings. The Morgan fingerprint density at radius 1 is 1.39 bits per heavy atom. The number of rotatable bonds is 7. The van der Waals surface area contributed by atoms with Gasteiger partial charge >= 0.3 is 0 Å². The molecule has 0 radical (unpaired) electrons. The quantitative estimate of drug-likeness (QED) is 0.730. The van der Waals surface area contributed by atoms with E-state index in [4.69, 9.17) is 4.74 Å². The molecule has 2 atom stereocenters. The van der Waals surface area contributed by atoms with E-state index in [0.717, 1.165) is 23.3 Å². The van der Waals surface area contributed by atoms with Gasteiger partial charge in [0.2, 0.25) is 0 Å². The maximum Gasteiger partial charge on any atom is 0.119 e. The Labute approximate surface area is 109 Å². The molecular formula is C15H23NO2. The van der Waals surface area contributed by atoms with Crippen molar-refractivity contribution in [1.82, 2.24) is 5.32 Å². The highest BCUT2D eigenvalue weighted by molar-refractivity contribution is 5.29. The van der Waals surface area contributed by atoms with Crippen molar-refractivity contribution >= 4 is 0 Å². The normalized spacial score (nSPS) is 14.0. The van der Waals surface area contributed by atoms with Crippen LogP contribution in [0, 0.1) is 0 Å². The van der Waals surface area contributed by atoms with E-state index >= 15 is 0 Å². The SMILES string of the molecule is C=C(C)COc1ccc(C(O)C(CC)NC)cc1. The third-order valence-electron chi connectivity index (χ3n) is 2.90. The molecule has 3 nitrogen and oxygen atoms in total. The smallest absolute Gasteiger partial charge is 0.119 e. The van der Waals surface area contributed by atoms with Crippen molar-refractivity contribution in [3.05, 3.63) is 42.0 Å². The predicted octanol–water partition coefficient (Wildman–Crippen LogP) is 2.67. The molecule has 0 aliphatic carbocycles. The lowest BCUT2D eigenvalue weighted by atomic mass is 10.0. The topological polar surface area (TPSA) is 41.5 Å². The standard InChI is InChI=1S/C15H23NO2/c1-5-14(16-4)15(17)12-6-8-13(9-7-12)18-10-11(2)3/h6-9,14-17H,2,5,10H2,1,3-4H3. The summed E-state index contributed by atoms with van der Waals surface area (Å²) in [6.45, 7) is 8.29. The predicted molar refractivity (Wildman–Crippen MR) is 74.8 cm³/mol. The Hall–Kier alpha value is -1.32. The first-order valence-electron chi connectivity index (χ1n) is 6.31. The monoisotopic (exact) mass is 249 g/mol. The summed E-state index contributed by atoms with van der Waals surface area (Å²) in [5.41, 5.74) is 1.89. The zero-order valence-electron chi connectivity index (χ0n) is 11.4. The number of likely N-dealkylation sites (N-methyl/N-ethyl adjacent to an activating group) is 1. The number of aliphatic hydroxyl groups excluding tert-OH is 1. The van der Waals surface area contributed by atoms with Gasteiger partial charge in [-0.05, 0) is 43.7 Å². The summed E-state index contributed by atoms with van der Waals surface area (Å²) in [4.78, 5) is 0. The maximum absolute atomic E-state index is 10.2. The molecule has 0 saturated heterocycles. The summed E-state index contributed by atoms with van der Waals surface area (Å²) in [6.07, 6.45) is 0.390. The van der Waals surface area contributed by atoms with Crippen molar-refractivity contribution < 1.29 is 9.84 Å². The molecule has 0 saturated carbocycles. The van der Waals surface area contributed by atoms with Gasteiger partial charge in [0, 0.05) is 6.04 Å². The van der Waals surface area contributed by atoms with E-state index < -0.39 is 6.10 Å². The molecule has 0 bridgehead atoms. The lowest BCUT2D eigenvalue weighted by Crippen LogP contribution is -2.31. The number of hydrogen-bond acceptors (Lipinski definition) is 3. The first kappa shape index (κ1) is 14.7. The van der Waals surface area contributed by atoms with Gasteiger partial charge in [-0.25, -0.2) is 0 Å². The minimum absolute atomic E-state index is 0.0761. The van der Waals surface area contributed by atoms with Crippen LogP contribution < -0.4 is 10.1 Å². The molecule has 1 rings (SSSR count). The molecule has 0 aliphatic rings. The molecule has 0 fully saturated rings. The zero-order valence-corrected chi connectivity index (χ0v) is 11.4. The first-order chi connectivity index (χ1) is 8.58. The molecule has 0 aliphatic heterocycles. The van der Waals surface area contributed by atoms with Crippen LogP contribution in [0.1, 0.15) is 31.9 Å². The van der Waals surface area contributed by atoms with E-state index in [2.05, 4.69) is 18.8 Å². The molecule has 0 spiro atoms. The molecule has 0 heterocycles. The molecule has 2 unspecified atom stereocenters. The van der Waals surface area contributed by atoms with Gasteiger partial charge in [-0.2, -0.15) is 0 Å². The largest absolute Gasteiger partial charge is 0.489 e. The molecule has 100 valence electrons. The summed E-state index contributed by atoms with van der Waals surface area (Å²) >= 11 is 0. The zero-order chi connectivity index (χ0) is 13.5. The van der Waals surface area contributed by atoms with Crippen molar-refractivity contribution in [2.45, 2.75) is 32.4 Å². The summed E-state index contributed by atoms with van der Waals surface area (Å²) in [5, 5.41) is 13.3. The third-order valence-corrected chi connectivity index (χ3v) is 2.90. The number of nitrogens with one attached hydrogen (secondary N) is 1. The van der Waals surface area contributed by atoms with Crippen LogP contribution in [-0.4, -0.2) is 24.8 Å². The van der Waals surface area contributed by atoms with Gasteiger partial charge in [-0.3, -0.25) is 0 Å². The highest BCUT2D eigenvalue weighted by Crippen LogP contribution is 2.21. The van der Waals surface area contributed by atoms with E-state index in [1.165, 1.54) is 0 Å². The number of benzene rings is 1. The van der Waals surface area contributed by atoms with Crippen LogP contribution in [0.5, 0.6) is 5.75 Å². The molecule has 18 heavy (non-hydrogen) atoms. The molecule has 0 amide bonds. The van der Waals surface area contributed by atoms with Crippen LogP contribution in [0.15, 0.2) is 36.4 Å². The average Bonchev–Trinajstić information content (AvgIpc) is 2.38. The summed E-state index contributed by atoms with van der Waals surface area (Å²) in [5.74, 6) is 0.798. The van der Waals surface area contributed by atoms with Gasteiger partial charge in [-0.15, -0.1) is 0 Å². The Balaban J connectivity index is 2.66. The second kappa shape index (κ2) is 7.19. The Morgan fingerprint density at radius 3 is 2.44 bits per heavy atom. The Kier molecular flexibility index (Phi) is 5.89. The fourth-order valence-electron chi connectivity index (χ4n) is 1.79. The van der Waals surface area contributed by atoms with Gasteiger partial charge in [0.1, 0.15) is 12.4 Å². The highest BCUT2D eigenvalue weighted by Gasteiger charge is 2.17. The van der Waals surface area contributed by atoms with E-state index in [0.29, 0.717) is 6.61 Å². The number of aliphatic hydroxyl groups is 1. The molecule has 3 heteroatoms. The Morgan fingerprint density at radius 2 is 2.00 bits per heavy atom. The highest BCUT2D eigenvalue weighted by atomic mass is 16.5. The van der Waals surface area contributed by atoms with Crippen LogP contribution >= 0.6 is 0 Å². The lowest BCUT2D eigenvalue weighted by molar-refractivity contribution is 0.130. The molecule has 2 N–H and O–H groups in total. The van der Waals surface area contributed by atoms with Gasteiger partial charge in [-0.1, -0.05) is 25.6 Å². The number of hydrogen-bond donors (Lipinski definition) is 2. The van der Waals surface area contributed by atoms with Crippen molar-refractivity contribution in [2.75, 3.05) is 13.7 Å². The summed E-state index contributed by atoms with van der Waals surface area (Å²) in [6, 6.07) is 7.64. The van der Waals surface area contributed by atoms with E-state index in [-0.39, 0.29) is 6.04 Å². The van der Waals surface area contributed by atoms with Crippen molar-refractivity contribution in [2.24, 2.45) is 0 Å². The summed E-state index contributed by atoms with van der Waals surface area (Å²) < 4.78 is 5.52. The summed E-state index contributed by atoms with van der Waals surface area (Å²) in [7, 11) is 1.86. The third kappa shape index (κ3) is 4.17. The Bertz CT molecular complexity index is 369. The van der Waals surface area contributed by atoms with Gasteiger partial charge in [0.25, 0.3) is 0 Å². The van der Waals surface area contributed by atoms with Gasteiger partial charge in [0.05, 0.1) is 6.10 Å². The fourth-order valence-corrected chi connectivity index (χ4v) is 1.79. The van der Waals surface area contributed by atoms with Gasteiger partial charge in [0.15, 0.2) is 0 Å². The van der Waals surface area contributed by atoms with Crippen LogP contribution in [0.3, 0.4) is 0 Å². The van der Waals surface area contributed by atoms with E-state index in [1.54, 1.807) is 0 Å². The minimum atomic E-state index is -0.491. The van der Waals surface area contributed by atoms with Crippen LogP contribution in [0.2, 0.25) is 0 Å². The van der Waals surface area contributed by atoms with E-state index in [1.807, 2.05) is 38.2 Å². The molecular weight excluding hydrogens is 226 g/mol.